The second-order valence-electron chi connectivity index (χ2n) is 25.3. The fourth-order valence-corrected chi connectivity index (χ4v) is 15.7. The summed E-state index contributed by atoms with van der Waals surface area (Å²) in [5.41, 5.74) is 11.5. The molecule has 10 rings (SSSR count). The lowest BCUT2D eigenvalue weighted by Crippen LogP contribution is -2.36. The van der Waals surface area contributed by atoms with Crippen molar-refractivity contribution in [2.45, 2.75) is 158 Å². The molecule has 25 heteroatoms. The zero-order valence-electron chi connectivity index (χ0n) is 58.6. The van der Waals surface area contributed by atoms with Gasteiger partial charge in [0.1, 0.15) is 50.8 Å². The van der Waals surface area contributed by atoms with Gasteiger partial charge in [-0.3, -0.25) is 30.0 Å². The van der Waals surface area contributed by atoms with Crippen LogP contribution in [0, 0.1) is 26.7 Å². The number of para-hydroxylation sites is 2. The van der Waals surface area contributed by atoms with E-state index in [4.69, 9.17) is 117 Å². The SMILES string of the molecule is CCCCCCCCC(CCCCCC)COc1ccc(OC(C)C(=O)Nc2ccccc2SC2C(=O)N(c3c(Cl)cc(Cl)cc3Cl)NC2=Nc2cc(C)ccc2Cl)cc1.Cc1cccc(OC(C)C(=O)Nc2ccccc2SC2C(=O)N(c3c(Cl)cc(Cl)cc3Cl)NC2=Nc2cc(C)ccc2Cl)c1. The summed E-state index contributed by atoms with van der Waals surface area (Å²) in [5.74, 6) is 1.58. The zero-order chi connectivity index (χ0) is 74.6. The summed E-state index contributed by atoms with van der Waals surface area (Å²) in [5, 5.41) is 8.85. The minimum atomic E-state index is -0.899. The van der Waals surface area contributed by atoms with Gasteiger partial charge in [0.15, 0.2) is 12.2 Å². The number of thioether (sulfide) groups is 2. The van der Waals surface area contributed by atoms with E-state index in [9.17, 15) is 19.2 Å². The number of ether oxygens (including phenoxy) is 3. The van der Waals surface area contributed by atoms with E-state index in [2.05, 4.69) is 35.3 Å². The van der Waals surface area contributed by atoms with Crippen molar-refractivity contribution in [1.82, 2.24) is 10.9 Å². The lowest BCUT2D eigenvalue weighted by molar-refractivity contribution is -0.122. The fourth-order valence-electron chi connectivity index (χ4n) is 11.3. The standard InChI is InChI=1S/C47H56Cl4N4O4S.C32H26Cl4N4O3S/c1-5-7-9-11-12-14-18-33(17-13-10-8-6-2)30-58-35-22-24-36(25-23-35)59-32(4)46(56)53-40-19-15-16-20-42(40)60-44-45(52-41-27-31(3)21-26-37(41)49)54-55(47(44)57)43-38(50)28-34(48)29-39(43)51;1-17-7-6-8-21(13-17)43-19(3)31(41)38-25-9-4-5-10-27(25)44-29-30(37-26-14-18(2)11-12-22(26)34)39-40(32(29)42)28-23(35)15-20(33)16-24(28)36/h15-16,19-29,32-33,44H,5-14,17-18,30H2,1-4H3,(H,52,54)(H,53,56);4-16,19,29H,1-3H3,(H,37,39)(H,38,41). The molecule has 0 bridgehead atoms. The molecule has 4 amide bonds. The largest absolute Gasteiger partial charge is 0.493 e. The van der Waals surface area contributed by atoms with Gasteiger partial charge in [-0.15, -0.1) is 23.5 Å². The quantitative estimate of drug-likeness (QED) is 0.0304. The van der Waals surface area contributed by atoms with Gasteiger partial charge >= 0.3 is 0 Å². The number of carbonyl (C=O) groups excluding carboxylic acids is 4. The third-order valence-corrected chi connectivity index (χ3v) is 21.6. The van der Waals surface area contributed by atoms with Crippen LogP contribution in [0.5, 0.6) is 17.2 Å². The van der Waals surface area contributed by atoms with Gasteiger partial charge in [0.05, 0.1) is 59.5 Å². The molecule has 0 spiro atoms. The molecular weight excluding hydrogens is 1520 g/mol. The number of anilines is 4. The van der Waals surface area contributed by atoms with E-state index in [1.807, 2.05) is 118 Å². The molecule has 2 aliphatic rings. The summed E-state index contributed by atoms with van der Waals surface area (Å²) in [7, 11) is 0. The van der Waals surface area contributed by atoms with Gasteiger partial charge in [-0.25, -0.2) is 20.0 Å². The number of hydrogen-bond donors (Lipinski definition) is 4. The van der Waals surface area contributed by atoms with Crippen molar-refractivity contribution < 1.29 is 33.4 Å². The summed E-state index contributed by atoms with van der Waals surface area (Å²) in [4.78, 5) is 65.7. The number of carbonyl (C=O) groups is 4. The molecule has 0 radical (unpaired) electrons. The van der Waals surface area contributed by atoms with Crippen molar-refractivity contribution in [1.29, 1.82) is 0 Å². The highest BCUT2D eigenvalue weighted by atomic mass is 35.5. The molecule has 5 unspecified atom stereocenters. The van der Waals surface area contributed by atoms with E-state index >= 15 is 0 Å². The number of nitrogens with one attached hydrogen (secondary N) is 4. The number of hydrazine groups is 2. The molecule has 2 aliphatic heterocycles. The maximum absolute atomic E-state index is 14.2. The van der Waals surface area contributed by atoms with Crippen molar-refractivity contribution >= 4 is 186 Å². The Bertz CT molecular complexity index is 4350. The number of aliphatic imine (C=N–C) groups is 2. The molecule has 104 heavy (non-hydrogen) atoms. The summed E-state index contributed by atoms with van der Waals surface area (Å²) in [6.07, 6.45) is 13.6. The summed E-state index contributed by atoms with van der Waals surface area (Å²) in [6, 6.07) is 46.2. The Hall–Kier alpha value is -7.00. The molecule has 548 valence electrons. The Morgan fingerprint density at radius 2 is 0.875 bits per heavy atom. The van der Waals surface area contributed by atoms with Crippen LogP contribution in [0.1, 0.15) is 121 Å². The number of aryl methyl sites for hydroxylation is 3. The number of amides is 4. The number of unbranched alkanes of at least 4 members (excludes halogenated alkanes) is 8. The van der Waals surface area contributed by atoms with E-state index in [1.165, 1.54) is 135 Å². The number of benzene rings is 8. The van der Waals surface area contributed by atoms with E-state index < -0.39 is 22.7 Å². The Labute approximate surface area is 657 Å². The molecule has 0 aromatic heterocycles. The van der Waals surface area contributed by atoms with Crippen LogP contribution >= 0.6 is 116 Å². The van der Waals surface area contributed by atoms with E-state index in [-0.39, 0.29) is 55.1 Å². The average Bonchev–Trinajstić information content (AvgIpc) is 1.63. The lowest BCUT2D eigenvalue weighted by Gasteiger charge is -2.19. The van der Waals surface area contributed by atoms with Crippen LogP contribution in [-0.4, -0.2) is 64.6 Å². The molecule has 8 aromatic carbocycles. The Balaban J connectivity index is 0.000000253. The monoisotopic (exact) mass is 1600 g/mol. The van der Waals surface area contributed by atoms with Gasteiger partial charge in [0, 0.05) is 19.8 Å². The maximum atomic E-state index is 14.2. The van der Waals surface area contributed by atoms with Crippen LogP contribution in [-0.2, 0) is 19.2 Å². The highest BCUT2D eigenvalue weighted by Crippen LogP contribution is 2.44. The predicted octanol–water partition coefficient (Wildman–Crippen LogP) is 23.5. The first-order valence-corrected chi connectivity index (χ1v) is 39.2. The summed E-state index contributed by atoms with van der Waals surface area (Å²) >= 11 is 53.8. The summed E-state index contributed by atoms with van der Waals surface area (Å²) < 4.78 is 18.2. The van der Waals surface area contributed by atoms with Crippen molar-refractivity contribution in [2.24, 2.45) is 15.9 Å². The maximum Gasteiger partial charge on any atom is 0.267 e. The Morgan fingerprint density at radius 1 is 0.471 bits per heavy atom. The van der Waals surface area contributed by atoms with Crippen LogP contribution in [0.3, 0.4) is 0 Å². The van der Waals surface area contributed by atoms with Crippen LogP contribution in [0.15, 0.2) is 178 Å². The highest BCUT2D eigenvalue weighted by molar-refractivity contribution is 8.02. The predicted molar refractivity (Wildman–Crippen MR) is 434 cm³/mol. The zero-order valence-corrected chi connectivity index (χ0v) is 66.3. The molecule has 5 atom stereocenters. The van der Waals surface area contributed by atoms with Gasteiger partial charge in [0.25, 0.3) is 23.6 Å². The van der Waals surface area contributed by atoms with Gasteiger partial charge < -0.3 is 24.8 Å². The third kappa shape index (κ3) is 22.8. The number of hydrogen-bond acceptors (Lipinski definition) is 11. The molecule has 2 heterocycles. The Morgan fingerprint density at radius 3 is 1.33 bits per heavy atom. The molecule has 15 nitrogen and oxygen atoms in total. The second kappa shape index (κ2) is 39.6. The topological polar surface area (TPSA) is 175 Å². The number of rotatable bonds is 31. The van der Waals surface area contributed by atoms with E-state index in [0.717, 1.165) is 22.4 Å². The van der Waals surface area contributed by atoms with E-state index in [1.54, 1.807) is 50.2 Å². The third-order valence-electron chi connectivity index (χ3n) is 16.8. The first kappa shape index (κ1) is 81.1. The van der Waals surface area contributed by atoms with Crippen molar-refractivity contribution in [3.63, 3.8) is 0 Å². The number of nitrogens with zero attached hydrogens (tertiary/aromatic N) is 4. The minimum Gasteiger partial charge on any atom is -0.493 e. The van der Waals surface area contributed by atoms with Crippen LogP contribution in [0.2, 0.25) is 40.2 Å². The molecule has 4 N–H and O–H groups in total. The van der Waals surface area contributed by atoms with Crippen molar-refractivity contribution in [2.75, 3.05) is 27.3 Å². The van der Waals surface area contributed by atoms with Gasteiger partial charge in [-0.05, 0) is 179 Å². The van der Waals surface area contributed by atoms with Crippen molar-refractivity contribution in [3.8, 4) is 17.2 Å². The van der Waals surface area contributed by atoms with Crippen LogP contribution < -0.4 is 45.7 Å². The Kier molecular flexibility index (Phi) is 30.8. The van der Waals surface area contributed by atoms with E-state index in [0.29, 0.717) is 88.3 Å². The van der Waals surface area contributed by atoms with Gasteiger partial charge in [-0.1, -0.05) is 219 Å². The summed E-state index contributed by atoms with van der Waals surface area (Å²) in [6.45, 7) is 14.4. The smallest absolute Gasteiger partial charge is 0.267 e. The molecular formula is C79H82Cl8N8O7S2. The molecule has 2 fully saturated rings. The molecule has 8 aromatic rings. The van der Waals surface area contributed by atoms with Crippen molar-refractivity contribution in [3.05, 3.63) is 215 Å². The average molecular weight is 1600 g/mol. The normalized spacial score (nSPS) is 15.8. The second-order valence-corrected chi connectivity index (χ2v) is 30.9. The van der Waals surface area contributed by atoms with Crippen LogP contribution in [0.25, 0.3) is 0 Å². The van der Waals surface area contributed by atoms with Gasteiger partial charge in [-0.2, -0.15) is 0 Å². The molecule has 0 aliphatic carbocycles. The molecule has 2 saturated heterocycles. The fraction of sp³-hybridized carbons (Fsp3) is 0.316. The first-order valence-electron chi connectivity index (χ1n) is 34.4. The van der Waals surface area contributed by atoms with Gasteiger partial charge in [0.2, 0.25) is 0 Å². The highest BCUT2D eigenvalue weighted by Gasteiger charge is 2.43. The first-order chi connectivity index (χ1) is 50.0. The lowest BCUT2D eigenvalue weighted by atomic mass is 9.95. The number of amidine groups is 2. The minimum absolute atomic E-state index is 0.177. The number of halogens is 8. The van der Waals surface area contributed by atoms with Crippen LogP contribution in [0.4, 0.5) is 34.1 Å². The molecule has 0 saturated carbocycles.